The van der Waals surface area contributed by atoms with Gasteiger partial charge in [0.1, 0.15) is 5.82 Å². The van der Waals surface area contributed by atoms with Gasteiger partial charge in [-0.25, -0.2) is 12.8 Å². The van der Waals surface area contributed by atoms with Crippen LogP contribution in [0.5, 0.6) is 0 Å². The minimum absolute atomic E-state index is 0.00453. The average Bonchev–Trinajstić information content (AvgIpc) is 3.25. The monoisotopic (exact) mass is 413 g/mol. The summed E-state index contributed by atoms with van der Waals surface area (Å²) in [4.78, 5) is 2.27. The number of hydrogen-bond acceptors (Lipinski definition) is 6. The van der Waals surface area contributed by atoms with E-state index in [1.54, 1.807) is 30.5 Å². The van der Waals surface area contributed by atoms with Crippen LogP contribution in [-0.4, -0.2) is 31.7 Å². The number of nitrogens with zero attached hydrogens (tertiary/aromatic N) is 3. The van der Waals surface area contributed by atoms with Crippen LogP contribution in [0, 0.1) is 5.82 Å². The molecule has 1 aromatic heterocycles. The highest BCUT2D eigenvalue weighted by molar-refractivity contribution is 7.92. The first kappa shape index (κ1) is 19.1. The van der Waals surface area contributed by atoms with Crippen molar-refractivity contribution in [3.63, 3.8) is 0 Å². The van der Waals surface area contributed by atoms with E-state index in [-0.39, 0.29) is 4.90 Å². The fourth-order valence-electron chi connectivity index (χ4n) is 3.16. The van der Waals surface area contributed by atoms with Crippen LogP contribution in [0.15, 0.2) is 65.7 Å². The molecular formula is C20H20FN5O2S. The molecule has 1 aliphatic heterocycles. The Kier molecular flexibility index (Phi) is 5.30. The second kappa shape index (κ2) is 8.04. The van der Waals surface area contributed by atoms with E-state index in [4.69, 9.17) is 0 Å². The normalized spacial score (nSPS) is 14.0. The number of benzene rings is 2. The van der Waals surface area contributed by atoms with Gasteiger partial charge in [0.15, 0.2) is 5.82 Å². The van der Waals surface area contributed by atoms with Crippen LogP contribution >= 0.6 is 0 Å². The van der Waals surface area contributed by atoms with Crippen LogP contribution < -0.4 is 14.9 Å². The molecule has 0 atom stereocenters. The van der Waals surface area contributed by atoms with Gasteiger partial charge in [-0.3, -0.25) is 4.72 Å². The highest BCUT2D eigenvalue weighted by atomic mass is 32.2. The van der Waals surface area contributed by atoms with Gasteiger partial charge in [0.25, 0.3) is 10.0 Å². The topological polar surface area (TPSA) is 87.2 Å². The van der Waals surface area contributed by atoms with Crippen LogP contribution in [-0.2, 0) is 10.0 Å². The molecular weight excluding hydrogens is 393 g/mol. The predicted octanol–water partition coefficient (Wildman–Crippen LogP) is 3.76. The molecule has 0 bridgehead atoms. The van der Waals surface area contributed by atoms with Crippen LogP contribution in [0.4, 0.5) is 27.3 Å². The maximum absolute atomic E-state index is 13.0. The summed E-state index contributed by atoms with van der Waals surface area (Å²) >= 11 is 0. The maximum atomic E-state index is 13.0. The Bertz CT molecular complexity index is 1080. The summed E-state index contributed by atoms with van der Waals surface area (Å²) in [5.41, 5.74) is 2.18. The van der Waals surface area contributed by atoms with Gasteiger partial charge < -0.3 is 10.2 Å². The first-order valence-electron chi connectivity index (χ1n) is 9.23. The smallest absolute Gasteiger partial charge is 0.261 e. The largest absolute Gasteiger partial charge is 0.370 e. The lowest BCUT2D eigenvalue weighted by molar-refractivity contribution is 0.599. The van der Waals surface area contributed by atoms with Gasteiger partial charge in [0, 0.05) is 30.5 Å². The fourth-order valence-corrected chi connectivity index (χ4v) is 4.22. The second-order valence-corrected chi connectivity index (χ2v) is 8.44. The Morgan fingerprint density at radius 3 is 2.28 bits per heavy atom. The van der Waals surface area contributed by atoms with Crippen molar-refractivity contribution in [2.24, 2.45) is 0 Å². The molecule has 0 saturated carbocycles. The van der Waals surface area contributed by atoms with Crippen LogP contribution in [0.2, 0.25) is 0 Å². The Morgan fingerprint density at radius 1 is 0.931 bits per heavy atom. The molecule has 4 rings (SSSR count). The minimum Gasteiger partial charge on any atom is -0.370 e. The quantitative estimate of drug-likeness (QED) is 0.640. The molecule has 3 aromatic rings. The van der Waals surface area contributed by atoms with Crippen molar-refractivity contribution < 1.29 is 12.8 Å². The summed E-state index contributed by atoms with van der Waals surface area (Å²) in [7, 11) is -3.78. The van der Waals surface area contributed by atoms with Crippen LogP contribution in [0.25, 0.3) is 0 Å². The number of anilines is 4. The number of halogens is 1. The maximum Gasteiger partial charge on any atom is 0.261 e. The molecule has 0 amide bonds. The van der Waals surface area contributed by atoms with Crippen molar-refractivity contribution in [1.82, 2.24) is 10.2 Å². The summed E-state index contributed by atoms with van der Waals surface area (Å²) in [6.07, 6.45) is 4.12. The number of nitrogens with one attached hydrogen (secondary N) is 2. The molecule has 1 fully saturated rings. The lowest BCUT2D eigenvalue weighted by atomic mass is 10.3. The SMILES string of the molecule is O=S(=O)(Nc1ccc(Nc2cc(N3CCCC3)cnn2)cc1)c1ccc(F)cc1. The van der Waals surface area contributed by atoms with E-state index < -0.39 is 15.8 Å². The fraction of sp³-hybridized carbons (Fsp3) is 0.200. The first-order valence-corrected chi connectivity index (χ1v) is 10.7. The third-order valence-electron chi connectivity index (χ3n) is 4.64. The van der Waals surface area contributed by atoms with E-state index in [9.17, 15) is 12.8 Å². The molecule has 150 valence electrons. The van der Waals surface area contributed by atoms with Crippen LogP contribution in [0.1, 0.15) is 12.8 Å². The second-order valence-electron chi connectivity index (χ2n) is 6.75. The number of sulfonamides is 1. The molecule has 0 aliphatic carbocycles. The van der Waals surface area contributed by atoms with Crippen molar-refractivity contribution in [2.75, 3.05) is 28.0 Å². The van der Waals surface area contributed by atoms with Crippen LogP contribution in [0.3, 0.4) is 0 Å². The summed E-state index contributed by atoms with van der Waals surface area (Å²) in [5, 5.41) is 11.3. The van der Waals surface area contributed by atoms with Crippen molar-refractivity contribution in [2.45, 2.75) is 17.7 Å². The molecule has 9 heteroatoms. The molecule has 0 unspecified atom stereocenters. The third-order valence-corrected chi connectivity index (χ3v) is 6.04. The summed E-state index contributed by atoms with van der Waals surface area (Å²) < 4.78 is 40.2. The summed E-state index contributed by atoms with van der Waals surface area (Å²) in [5.74, 6) is 0.130. The lowest BCUT2D eigenvalue weighted by Crippen LogP contribution is -2.18. The van der Waals surface area contributed by atoms with E-state index in [0.29, 0.717) is 11.5 Å². The third kappa shape index (κ3) is 4.62. The van der Waals surface area contributed by atoms with Gasteiger partial charge in [0.05, 0.1) is 16.8 Å². The molecule has 1 aliphatic rings. The van der Waals surface area contributed by atoms with Gasteiger partial charge in [-0.15, -0.1) is 5.10 Å². The lowest BCUT2D eigenvalue weighted by Gasteiger charge is -2.17. The van der Waals surface area contributed by atoms with Gasteiger partial charge in [0.2, 0.25) is 0 Å². The highest BCUT2D eigenvalue weighted by Gasteiger charge is 2.15. The van der Waals surface area contributed by atoms with Gasteiger partial charge in [-0.2, -0.15) is 5.10 Å². The molecule has 2 aromatic carbocycles. The molecule has 0 radical (unpaired) electrons. The number of rotatable bonds is 6. The van der Waals surface area contributed by atoms with Crippen molar-refractivity contribution in [1.29, 1.82) is 0 Å². The van der Waals surface area contributed by atoms with E-state index in [1.165, 1.54) is 25.0 Å². The van der Waals surface area contributed by atoms with E-state index >= 15 is 0 Å². The molecule has 1 saturated heterocycles. The Morgan fingerprint density at radius 2 is 1.59 bits per heavy atom. The molecule has 2 heterocycles. The minimum atomic E-state index is -3.78. The Hall–Kier alpha value is -3.20. The number of aromatic nitrogens is 2. The highest BCUT2D eigenvalue weighted by Crippen LogP contribution is 2.24. The molecule has 2 N–H and O–H groups in total. The predicted molar refractivity (Wildman–Crippen MR) is 110 cm³/mol. The summed E-state index contributed by atoms with van der Waals surface area (Å²) in [6, 6.07) is 13.4. The zero-order valence-electron chi connectivity index (χ0n) is 15.5. The average molecular weight is 413 g/mol. The van der Waals surface area contributed by atoms with Crippen molar-refractivity contribution >= 4 is 32.9 Å². The Balaban J connectivity index is 1.44. The van der Waals surface area contributed by atoms with Gasteiger partial charge >= 0.3 is 0 Å². The van der Waals surface area contributed by atoms with E-state index in [0.717, 1.165) is 36.6 Å². The zero-order valence-corrected chi connectivity index (χ0v) is 16.4. The Labute approximate surface area is 168 Å². The van der Waals surface area contributed by atoms with Crippen molar-refractivity contribution in [3.8, 4) is 0 Å². The van der Waals surface area contributed by atoms with E-state index in [1.807, 2.05) is 6.07 Å². The summed E-state index contributed by atoms with van der Waals surface area (Å²) in [6.45, 7) is 2.04. The molecule has 7 nitrogen and oxygen atoms in total. The zero-order chi connectivity index (χ0) is 20.3. The molecule has 0 spiro atoms. The standard InChI is InChI=1S/C20H20FN5O2S/c21-15-3-9-19(10-4-15)29(27,28)25-17-7-5-16(6-8-17)23-20-13-18(14-22-24-20)26-11-1-2-12-26/h3-10,13-14,25H,1-2,11-12H2,(H,23,24). The first-order chi connectivity index (χ1) is 14.0. The van der Waals surface area contributed by atoms with E-state index in [2.05, 4.69) is 25.1 Å². The number of hydrogen-bond donors (Lipinski definition) is 2. The van der Waals surface area contributed by atoms with Gasteiger partial charge in [-0.1, -0.05) is 0 Å². The molecule has 29 heavy (non-hydrogen) atoms. The van der Waals surface area contributed by atoms with Crippen molar-refractivity contribution in [3.05, 3.63) is 66.6 Å². The van der Waals surface area contributed by atoms with Gasteiger partial charge in [-0.05, 0) is 61.4 Å².